The zero-order valence-electron chi connectivity index (χ0n) is 14.0. The number of benzene rings is 2. The minimum absolute atomic E-state index is 0.237. The van der Waals surface area contributed by atoms with Gasteiger partial charge in [-0.1, -0.05) is 24.3 Å². The summed E-state index contributed by atoms with van der Waals surface area (Å²) in [6.45, 7) is 4.23. The van der Waals surface area contributed by atoms with E-state index in [-0.39, 0.29) is 5.91 Å². The van der Waals surface area contributed by atoms with Crippen LogP contribution in [0.25, 0.3) is 0 Å². The van der Waals surface area contributed by atoms with Gasteiger partial charge >= 0.3 is 0 Å². The van der Waals surface area contributed by atoms with E-state index < -0.39 is 12.1 Å². The number of aliphatic hydroxyl groups is 1. The molecular weight excluding hydrogens is 304 g/mol. The lowest BCUT2D eigenvalue weighted by molar-refractivity contribution is -0.117. The molecule has 0 aliphatic carbocycles. The summed E-state index contributed by atoms with van der Waals surface area (Å²) in [5, 5.41) is 12.3. The van der Waals surface area contributed by atoms with Crippen LogP contribution in [0.2, 0.25) is 0 Å². The summed E-state index contributed by atoms with van der Waals surface area (Å²) >= 11 is 0. The van der Waals surface area contributed by atoms with Gasteiger partial charge in [-0.3, -0.25) is 4.79 Å². The number of carbonyl (C=O) groups excluding carboxylic acids is 1. The fourth-order valence-corrected chi connectivity index (χ4v) is 2.31. The van der Waals surface area contributed by atoms with Crippen LogP contribution in [-0.2, 0) is 11.2 Å². The van der Waals surface area contributed by atoms with Gasteiger partial charge in [-0.2, -0.15) is 0 Å². The average Bonchev–Trinajstić information content (AvgIpc) is 2.57. The van der Waals surface area contributed by atoms with Crippen LogP contribution in [0.15, 0.2) is 48.5 Å². The molecule has 5 nitrogen and oxygen atoms in total. The molecule has 0 heterocycles. The predicted octanol–water partition coefficient (Wildman–Crippen LogP) is 2.65. The van der Waals surface area contributed by atoms with Gasteiger partial charge in [0, 0.05) is 5.69 Å². The van der Waals surface area contributed by atoms with Crippen LogP contribution in [0.5, 0.6) is 5.75 Å². The summed E-state index contributed by atoms with van der Waals surface area (Å²) in [5.74, 6) is 0.525. The summed E-state index contributed by atoms with van der Waals surface area (Å²) in [7, 11) is 0. The van der Waals surface area contributed by atoms with E-state index in [0.29, 0.717) is 18.7 Å². The molecule has 0 bridgehead atoms. The predicted molar refractivity (Wildman–Crippen MR) is 95.0 cm³/mol. The zero-order valence-corrected chi connectivity index (χ0v) is 14.0. The molecule has 2 aromatic carbocycles. The maximum atomic E-state index is 12.2. The number of nitrogens with two attached hydrogens (primary N) is 1. The Balaban J connectivity index is 1.91. The summed E-state index contributed by atoms with van der Waals surface area (Å²) in [4.78, 5) is 12.2. The molecule has 0 radical (unpaired) electrons. The van der Waals surface area contributed by atoms with E-state index in [1.165, 1.54) is 0 Å². The van der Waals surface area contributed by atoms with E-state index in [0.717, 1.165) is 16.9 Å². The molecule has 4 N–H and O–H groups in total. The first-order chi connectivity index (χ1) is 11.5. The Hall–Kier alpha value is -2.37. The van der Waals surface area contributed by atoms with E-state index >= 15 is 0 Å². The number of nitrogens with one attached hydrogen (secondary N) is 1. The summed E-state index contributed by atoms with van der Waals surface area (Å²) in [5.41, 5.74) is 8.46. The third kappa shape index (κ3) is 5.08. The highest BCUT2D eigenvalue weighted by Crippen LogP contribution is 2.17. The Morgan fingerprint density at radius 2 is 1.79 bits per heavy atom. The van der Waals surface area contributed by atoms with Crippen LogP contribution in [0.3, 0.4) is 0 Å². The van der Waals surface area contributed by atoms with E-state index in [1.54, 1.807) is 31.2 Å². The molecule has 1 amide bonds. The van der Waals surface area contributed by atoms with Crippen molar-refractivity contribution < 1.29 is 14.6 Å². The lowest BCUT2D eigenvalue weighted by atomic mass is 10.0. The summed E-state index contributed by atoms with van der Waals surface area (Å²) < 4.78 is 5.36. The Morgan fingerprint density at radius 3 is 2.33 bits per heavy atom. The number of hydrogen-bond acceptors (Lipinski definition) is 4. The minimum Gasteiger partial charge on any atom is -0.494 e. The molecule has 24 heavy (non-hydrogen) atoms. The molecule has 0 saturated heterocycles. The standard InChI is InChI=1S/C19H24N2O3/c1-3-24-17-10-8-16(9-11-17)21-19(23)18(20)12-14-4-6-15(7-5-14)13(2)22/h4-11,13,18,22H,3,12,20H2,1-2H3,(H,21,23)/t13?,18-/m0/s1. The van der Waals surface area contributed by atoms with Crippen LogP contribution in [-0.4, -0.2) is 23.7 Å². The van der Waals surface area contributed by atoms with E-state index in [1.807, 2.05) is 31.2 Å². The summed E-state index contributed by atoms with van der Waals surface area (Å²) in [6.07, 6.45) is -0.0705. The van der Waals surface area contributed by atoms with Gasteiger partial charge < -0.3 is 20.9 Å². The van der Waals surface area contributed by atoms with Gasteiger partial charge in [-0.15, -0.1) is 0 Å². The van der Waals surface area contributed by atoms with Gasteiger partial charge in [0.15, 0.2) is 0 Å². The Kier molecular flexibility index (Phi) is 6.35. The molecule has 2 rings (SSSR count). The highest BCUT2D eigenvalue weighted by atomic mass is 16.5. The maximum Gasteiger partial charge on any atom is 0.241 e. The second-order valence-electron chi connectivity index (χ2n) is 5.67. The quantitative estimate of drug-likeness (QED) is 0.729. The Labute approximate surface area is 142 Å². The molecule has 1 unspecified atom stereocenters. The third-order valence-corrected chi connectivity index (χ3v) is 3.69. The molecule has 0 aliphatic heterocycles. The van der Waals surface area contributed by atoms with Gasteiger partial charge in [-0.05, 0) is 55.7 Å². The zero-order chi connectivity index (χ0) is 17.5. The minimum atomic E-state index is -0.644. The highest BCUT2D eigenvalue weighted by Gasteiger charge is 2.14. The molecule has 0 fully saturated rings. The molecule has 2 aromatic rings. The number of anilines is 1. The fourth-order valence-electron chi connectivity index (χ4n) is 2.31. The van der Waals surface area contributed by atoms with Crippen LogP contribution in [0, 0.1) is 0 Å². The molecule has 0 aliphatic rings. The highest BCUT2D eigenvalue weighted by molar-refractivity contribution is 5.94. The first kappa shape index (κ1) is 18.0. The monoisotopic (exact) mass is 328 g/mol. The lowest BCUT2D eigenvalue weighted by Crippen LogP contribution is -2.37. The van der Waals surface area contributed by atoms with Crippen molar-refractivity contribution in [3.05, 3.63) is 59.7 Å². The molecular formula is C19H24N2O3. The number of amides is 1. The molecule has 0 aromatic heterocycles. The fraction of sp³-hybridized carbons (Fsp3) is 0.316. The molecule has 5 heteroatoms. The largest absolute Gasteiger partial charge is 0.494 e. The SMILES string of the molecule is CCOc1ccc(NC(=O)[C@@H](N)Cc2ccc(C(C)O)cc2)cc1. The van der Waals surface area contributed by atoms with Crippen molar-refractivity contribution in [2.24, 2.45) is 5.73 Å². The lowest BCUT2D eigenvalue weighted by Gasteiger charge is -2.13. The number of aliphatic hydroxyl groups excluding tert-OH is 1. The van der Waals surface area contributed by atoms with E-state index in [2.05, 4.69) is 5.32 Å². The average molecular weight is 328 g/mol. The van der Waals surface area contributed by atoms with Crippen LogP contribution in [0.1, 0.15) is 31.1 Å². The van der Waals surface area contributed by atoms with Gasteiger partial charge in [-0.25, -0.2) is 0 Å². The van der Waals surface area contributed by atoms with Crippen molar-refractivity contribution >= 4 is 11.6 Å². The molecule has 0 saturated carbocycles. The van der Waals surface area contributed by atoms with Crippen molar-refractivity contribution in [2.45, 2.75) is 32.4 Å². The van der Waals surface area contributed by atoms with E-state index in [9.17, 15) is 9.90 Å². The Morgan fingerprint density at radius 1 is 1.17 bits per heavy atom. The van der Waals surface area contributed by atoms with Gasteiger partial charge in [0.2, 0.25) is 5.91 Å². The number of carbonyl (C=O) groups is 1. The number of ether oxygens (including phenoxy) is 1. The number of rotatable bonds is 7. The van der Waals surface area contributed by atoms with Crippen molar-refractivity contribution in [2.75, 3.05) is 11.9 Å². The number of hydrogen-bond donors (Lipinski definition) is 3. The Bertz CT molecular complexity index is 651. The topological polar surface area (TPSA) is 84.6 Å². The van der Waals surface area contributed by atoms with E-state index in [4.69, 9.17) is 10.5 Å². The first-order valence-electron chi connectivity index (χ1n) is 8.05. The smallest absolute Gasteiger partial charge is 0.241 e. The van der Waals surface area contributed by atoms with Crippen LogP contribution in [0.4, 0.5) is 5.69 Å². The first-order valence-corrected chi connectivity index (χ1v) is 8.05. The van der Waals surface area contributed by atoms with Gasteiger partial charge in [0.1, 0.15) is 5.75 Å². The van der Waals surface area contributed by atoms with Crippen molar-refractivity contribution in [3.8, 4) is 5.75 Å². The van der Waals surface area contributed by atoms with Crippen LogP contribution < -0.4 is 15.8 Å². The third-order valence-electron chi connectivity index (χ3n) is 3.69. The second-order valence-corrected chi connectivity index (χ2v) is 5.67. The summed E-state index contributed by atoms with van der Waals surface area (Å²) in [6, 6.07) is 14.0. The van der Waals surface area contributed by atoms with Gasteiger partial charge in [0.25, 0.3) is 0 Å². The van der Waals surface area contributed by atoms with Crippen molar-refractivity contribution in [1.82, 2.24) is 0 Å². The molecule has 0 spiro atoms. The normalized spacial score (nSPS) is 13.2. The second kappa shape index (κ2) is 8.47. The molecule has 2 atom stereocenters. The van der Waals surface area contributed by atoms with Crippen molar-refractivity contribution in [1.29, 1.82) is 0 Å². The molecule has 128 valence electrons. The van der Waals surface area contributed by atoms with Gasteiger partial charge in [0.05, 0.1) is 18.8 Å². The maximum absolute atomic E-state index is 12.2. The van der Waals surface area contributed by atoms with Crippen LogP contribution >= 0.6 is 0 Å². The van der Waals surface area contributed by atoms with Crippen molar-refractivity contribution in [3.63, 3.8) is 0 Å².